The van der Waals surface area contributed by atoms with Crippen molar-refractivity contribution >= 4 is 17.3 Å². The van der Waals surface area contributed by atoms with E-state index >= 15 is 0 Å². The molecule has 0 radical (unpaired) electrons. The van der Waals surface area contributed by atoms with Gasteiger partial charge in [0.2, 0.25) is 0 Å². The molecule has 1 aromatic rings. The molecule has 1 N–H and O–H groups in total. The molecule has 0 amide bonds. The van der Waals surface area contributed by atoms with Gasteiger partial charge in [0.1, 0.15) is 11.3 Å². The zero-order chi connectivity index (χ0) is 15.4. The number of carboxylic acids is 1. The first-order valence-corrected chi connectivity index (χ1v) is 7.33. The Kier molecular flexibility index (Phi) is 4.77. The zero-order valence-corrected chi connectivity index (χ0v) is 12.1. The highest BCUT2D eigenvalue weighted by molar-refractivity contribution is 5.95. The van der Waals surface area contributed by atoms with E-state index in [2.05, 4.69) is 6.92 Å². The van der Waals surface area contributed by atoms with Gasteiger partial charge >= 0.3 is 11.7 Å². The molecular weight excluding hydrogens is 272 g/mol. The van der Waals surface area contributed by atoms with E-state index in [0.717, 1.165) is 38.6 Å². The van der Waals surface area contributed by atoms with Gasteiger partial charge in [0, 0.05) is 12.6 Å². The average molecular weight is 292 g/mol. The van der Waals surface area contributed by atoms with E-state index in [4.69, 9.17) is 0 Å². The summed E-state index contributed by atoms with van der Waals surface area (Å²) in [6, 6.07) is 4.78. The maximum Gasteiger partial charge on any atom is 0.342 e. The molecule has 21 heavy (non-hydrogen) atoms. The van der Waals surface area contributed by atoms with Crippen molar-refractivity contribution in [3.8, 4) is 0 Å². The van der Waals surface area contributed by atoms with Gasteiger partial charge in [-0.3, -0.25) is 10.1 Å². The Hall–Kier alpha value is -2.11. The fourth-order valence-electron chi connectivity index (χ4n) is 3.05. The number of hydrogen-bond acceptors (Lipinski definition) is 4. The number of carboxylic acid groups (broad SMARTS) is 1. The standard InChI is InChI=1S/C15H20N2O4/c1-2-11-7-4-3-5-10-16(11)13-9-6-8-12(15(18)19)14(13)17(20)21/h6,8-9,11H,2-5,7,10H2,1H3,(H,18,19). The number of anilines is 1. The van der Waals surface area contributed by atoms with Crippen molar-refractivity contribution in [1.29, 1.82) is 0 Å². The van der Waals surface area contributed by atoms with E-state index in [1.165, 1.54) is 6.07 Å². The fraction of sp³-hybridized carbons (Fsp3) is 0.533. The molecule has 1 aliphatic rings. The molecule has 1 fully saturated rings. The first-order valence-electron chi connectivity index (χ1n) is 7.33. The summed E-state index contributed by atoms with van der Waals surface area (Å²) >= 11 is 0. The fourth-order valence-corrected chi connectivity index (χ4v) is 3.05. The Labute approximate surface area is 123 Å². The molecule has 1 saturated heterocycles. The van der Waals surface area contributed by atoms with Gasteiger partial charge in [0.15, 0.2) is 0 Å². The first-order chi connectivity index (χ1) is 10.1. The molecule has 0 spiro atoms. The molecule has 0 aromatic heterocycles. The number of nitro benzene ring substituents is 1. The second-order valence-corrected chi connectivity index (χ2v) is 5.34. The molecule has 1 unspecified atom stereocenters. The second kappa shape index (κ2) is 6.56. The van der Waals surface area contributed by atoms with Gasteiger partial charge in [-0.15, -0.1) is 0 Å². The number of carbonyl (C=O) groups is 1. The molecule has 1 atom stereocenters. The summed E-state index contributed by atoms with van der Waals surface area (Å²) < 4.78 is 0. The Balaban J connectivity index is 2.53. The molecular formula is C15H20N2O4. The Bertz CT molecular complexity index is 544. The summed E-state index contributed by atoms with van der Waals surface area (Å²) in [5.74, 6) is -1.26. The molecule has 6 nitrogen and oxygen atoms in total. The quantitative estimate of drug-likeness (QED) is 0.678. The van der Waals surface area contributed by atoms with Crippen LogP contribution in [0.15, 0.2) is 18.2 Å². The van der Waals surface area contributed by atoms with Crippen molar-refractivity contribution < 1.29 is 14.8 Å². The van der Waals surface area contributed by atoms with Crippen LogP contribution in [0.5, 0.6) is 0 Å². The number of rotatable bonds is 4. The van der Waals surface area contributed by atoms with Crippen molar-refractivity contribution in [2.45, 2.75) is 45.1 Å². The number of nitro groups is 1. The Morgan fingerprint density at radius 2 is 2.19 bits per heavy atom. The lowest BCUT2D eigenvalue weighted by molar-refractivity contribution is -0.384. The van der Waals surface area contributed by atoms with E-state index in [1.807, 2.05) is 4.90 Å². The topological polar surface area (TPSA) is 83.7 Å². The van der Waals surface area contributed by atoms with Crippen molar-refractivity contribution in [2.24, 2.45) is 0 Å². The van der Waals surface area contributed by atoms with Crippen LogP contribution in [0.4, 0.5) is 11.4 Å². The average Bonchev–Trinajstić information content (AvgIpc) is 2.71. The van der Waals surface area contributed by atoms with Crippen molar-refractivity contribution in [2.75, 3.05) is 11.4 Å². The van der Waals surface area contributed by atoms with Crippen LogP contribution in [0, 0.1) is 10.1 Å². The summed E-state index contributed by atoms with van der Waals surface area (Å²) in [6.45, 7) is 2.80. The van der Waals surface area contributed by atoms with Gasteiger partial charge in [-0.1, -0.05) is 25.8 Å². The van der Waals surface area contributed by atoms with Crippen LogP contribution in [0.2, 0.25) is 0 Å². The number of aromatic carboxylic acids is 1. The van der Waals surface area contributed by atoms with Crippen LogP contribution < -0.4 is 4.90 Å². The lowest BCUT2D eigenvalue weighted by atomic mass is 10.0. The predicted octanol–water partition coefficient (Wildman–Crippen LogP) is 3.45. The van der Waals surface area contributed by atoms with Gasteiger partial charge in [-0.25, -0.2) is 4.79 Å². The third kappa shape index (κ3) is 3.15. The third-order valence-electron chi connectivity index (χ3n) is 4.09. The first kappa shape index (κ1) is 15.3. The lowest BCUT2D eigenvalue weighted by Crippen LogP contribution is -2.35. The molecule has 0 saturated carbocycles. The molecule has 114 valence electrons. The monoisotopic (exact) mass is 292 g/mol. The molecule has 0 aliphatic carbocycles. The zero-order valence-electron chi connectivity index (χ0n) is 12.1. The van der Waals surface area contributed by atoms with Crippen LogP contribution in [0.3, 0.4) is 0 Å². The number of hydrogen-bond donors (Lipinski definition) is 1. The highest BCUT2D eigenvalue weighted by Gasteiger charge is 2.30. The van der Waals surface area contributed by atoms with E-state index in [0.29, 0.717) is 5.69 Å². The Morgan fingerprint density at radius 3 is 2.81 bits per heavy atom. The minimum Gasteiger partial charge on any atom is -0.477 e. The van der Waals surface area contributed by atoms with Crippen LogP contribution in [-0.2, 0) is 0 Å². The molecule has 6 heteroatoms. The minimum absolute atomic E-state index is 0.232. The van der Waals surface area contributed by atoms with Crippen molar-refractivity contribution in [3.05, 3.63) is 33.9 Å². The second-order valence-electron chi connectivity index (χ2n) is 5.34. The molecule has 1 aromatic carbocycles. The predicted molar refractivity (Wildman–Crippen MR) is 79.9 cm³/mol. The summed E-state index contributed by atoms with van der Waals surface area (Å²) in [5, 5.41) is 20.6. The molecule has 1 aliphatic heterocycles. The summed E-state index contributed by atoms with van der Waals surface area (Å²) in [7, 11) is 0. The summed E-state index contributed by atoms with van der Waals surface area (Å²) in [5.41, 5.74) is -0.0874. The van der Waals surface area contributed by atoms with Crippen molar-refractivity contribution in [1.82, 2.24) is 0 Å². The highest BCUT2D eigenvalue weighted by atomic mass is 16.6. The number of benzene rings is 1. The summed E-state index contributed by atoms with van der Waals surface area (Å²) in [4.78, 5) is 24.1. The van der Waals surface area contributed by atoms with Gasteiger partial charge in [-0.2, -0.15) is 0 Å². The van der Waals surface area contributed by atoms with E-state index in [-0.39, 0.29) is 17.3 Å². The van der Waals surface area contributed by atoms with E-state index < -0.39 is 10.9 Å². The normalized spacial score (nSPS) is 19.1. The molecule has 2 rings (SSSR count). The van der Waals surface area contributed by atoms with Gasteiger partial charge < -0.3 is 10.0 Å². The summed E-state index contributed by atoms with van der Waals surface area (Å²) in [6.07, 6.45) is 5.09. The van der Waals surface area contributed by atoms with Gasteiger partial charge in [0.25, 0.3) is 0 Å². The maximum absolute atomic E-state index is 11.4. The van der Waals surface area contributed by atoms with Crippen LogP contribution in [0.25, 0.3) is 0 Å². The van der Waals surface area contributed by atoms with Crippen molar-refractivity contribution in [3.63, 3.8) is 0 Å². The highest BCUT2D eigenvalue weighted by Crippen LogP contribution is 2.35. The van der Waals surface area contributed by atoms with Gasteiger partial charge in [0.05, 0.1) is 4.92 Å². The van der Waals surface area contributed by atoms with Crippen LogP contribution in [-0.4, -0.2) is 28.6 Å². The van der Waals surface area contributed by atoms with Gasteiger partial charge in [-0.05, 0) is 31.4 Å². The number of para-hydroxylation sites is 1. The number of nitrogens with zero attached hydrogens (tertiary/aromatic N) is 2. The Morgan fingerprint density at radius 1 is 1.43 bits per heavy atom. The van der Waals surface area contributed by atoms with Crippen LogP contribution in [0.1, 0.15) is 49.4 Å². The molecule has 1 heterocycles. The lowest BCUT2D eigenvalue weighted by Gasteiger charge is -2.31. The van der Waals surface area contributed by atoms with E-state index in [1.54, 1.807) is 12.1 Å². The smallest absolute Gasteiger partial charge is 0.342 e. The maximum atomic E-state index is 11.4. The van der Waals surface area contributed by atoms with Crippen LogP contribution >= 0.6 is 0 Å². The minimum atomic E-state index is -1.26. The SMILES string of the molecule is CCC1CCCCCN1c1cccc(C(=O)O)c1[N+](=O)[O-]. The third-order valence-corrected chi connectivity index (χ3v) is 4.09. The largest absolute Gasteiger partial charge is 0.477 e. The molecule has 0 bridgehead atoms. The van der Waals surface area contributed by atoms with E-state index in [9.17, 15) is 20.0 Å².